The molecule has 2 N–H and O–H groups in total. The number of carbonyl (C=O) groups is 1. The molecule has 3 rings (SSSR count). The Morgan fingerprint density at radius 2 is 1.58 bits per heavy atom. The van der Waals surface area contributed by atoms with Gasteiger partial charge >= 0.3 is 0 Å². The maximum Gasteiger partial charge on any atom is 0.241 e. The Labute approximate surface area is 146 Å². The topological polar surface area (TPSA) is 41.1 Å². The molecule has 24 heavy (non-hydrogen) atoms. The van der Waals surface area contributed by atoms with Gasteiger partial charge in [-0.2, -0.15) is 0 Å². The van der Waals surface area contributed by atoms with Crippen molar-refractivity contribution in [3.8, 4) is 0 Å². The van der Waals surface area contributed by atoms with Crippen LogP contribution in [0.25, 0.3) is 0 Å². The largest absolute Gasteiger partial charge is 0.352 e. The van der Waals surface area contributed by atoms with Crippen LogP contribution in [-0.2, 0) is 4.79 Å². The van der Waals surface area contributed by atoms with E-state index in [2.05, 4.69) is 41.8 Å². The first-order valence-electron chi connectivity index (χ1n) is 9.85. The van der Waals surface area contributed by atoms with E-state index in [0.29, 0.717) is 12.1 Å². The molecule has 0 radical (unpaired) electrons. The normalized spacial score (nSPS) is 21.4. The van der Waals surface area contributed by atoms with Crippen LogP contribution in [-0.4, -0.2) is 18.0 Å². The van der Waals surface area contributed by atoms with Crippen molar-refractivity contribution >= 4 is 5.91 Å². The summed E-state index contributed by atoms with van der Waals surface area (Å²) >= 11 is 0. The lowest BCUT2D eigenvalue weighted by Crippen LogP contribution is -2.46. The number of amides is 1. The predicted octanol–water partition coefficient (Wildman–Crippen LogP) is 4.41. The predicted molar refractivity (Wildman–Crippen MR) is 98.9 cm³/mol. The highest BCUT2D eigenvalue weighted by Crippen LogP contribution is 2.24. The monoisotopic (exact) mass is 328 g/mol. The molecular weight excluding hydrogens is 296 g/mol. The Morgan fingerprint density at radius 1 is 0.958 bits per heavy atom. The maximum absolute atomic E-state index is 13.0. The quantitative estimate of drug-likeness (QED) is 0.841. The molecule has 0 saturated heterocycles. The van der Waals surface area contributed by atoms with Crippen molar-refractivity contribution in [2.75, 3.05) is 0 Å². The van der Waals surface area contributed by atoms with Gasteiger partial charge in [-0.1, -0.05) is 68.4 Å². The van der Waals surface area contributed by atoms with E-state index in [1.165, 1.54) is 56.9 Å². The third-order valence-corrected chi connectivity index (χ3v) is 5.60. The summed E-state index contributed by atoms with van der Waals surface area (Å²) in [7, 11) is 0. The van der Waals surface area contributed by atoms with Crippen molar-refractivity contribution in [2.24, 2.45) is 0 Å². The van der Waals surface area contributed by atoms with Crippen LogP contribution in [0.5, 0.6) is 0 Å². The van der Waals surface area contributed by atoms with Gasteiger partial charge in [-0.25, -0.2) is 0 Å². The van der Waals surface area contributed by atoms with Crippen molar-refractivity contribution in [3.05, 3.63) is 35.4 Å². The molecule has 0 bridgehead atoms. The molecule has 1 aromatic carbocycles. The molecule has 3 heteroatoms. The number of rotatable bonds is 5. The van der Waals surface area contributed by atoms with Crippen LogP contribution < -0.4 is 10.6 Å². The lowest BCUT2D eigenvalue weighted by atomic mass is 9.92. The molecule has 2 saturated carbocycles. The molecule has 3 nitrogen and oxygen atoms in total. The molecule has 1 amide bonds. The Bertz CT molecular complexity index is 530. The third-order valence-electron chi connectivity index (χ3n) is 5.60. The molecule has 0 aromatic heterocycles. The van der Waals surface area contributed by atoms with E-state index in [4.69, 9.17) is 0 Å². The van der Waals surface area contributed by atoms with Gasteiger partial charge in [-0.05, 0) is 38.2 Å². The number of nitrogens with one attached hydrogen (secondary N) is 2. The van der Waals surface area contributed by atoms with Crippen LogP contribution >= 0.6 is 0 Å². The van der Waals surface area contributed by atoms with E-state index in [9.17, 15) is 4.79 Å². The summed E-state index contributed by atoms with van der Waals surface area (Å²) in [5.74, 6) is 0.165. The SMILES string of the molecule is Cc1cccc(C(NC2CCCCC2)C(=O)NC2CCCCC2)c1. The van der Waals surface area contributed by atoms with Gasteiger partial charge in [0.25, 0.3) is 0 Å². The Hall–Kier alpha value is -1.35. The van der Waals surface area contributed by atoms with E-state index in [0.717, 1.165) is 18.4 Å². The number of aryl methyl sites for hydroxylation is 1. The summed E-state index contributed by atoms with van der Waals surface area (Å²) in [6, 6.07) is 9.03. The van der Waals surface area contributed by atoms with E-state index in [1.807, 2.05) is 0 Å². The van der Waals surface area contributed by atoms with Gasteiger partial charge in [0.05, 0.1) is 0 Å². The lowest BCUT2D eigenvalue weighted by molar-refractivity contribution is -0.124. The zero-order valence-corrected chi connectivity index (χ0v) is 15.0. The summed E-state index contributed by atoms with van der Waals surface area (Å²) in [6.45, 7) is 2.10. The van der Waals surface area contributed by atoms with Gasteiger partial charge in [-0.3, -0.25) is 10.1 Å². The first-order valence-corrected chi connectivity index (χ1v) is 9.85. The van der Waals surface area contributed by atoms with Crippen LogP contribution in [0.2, 0.25) is 0 Å². The second kappa shape index (κ2) is 8.66. The van der Waals surface area contributed by atoms with Crippen LogP contribution in [0.4, 0.5) is 0 Å². The molecule has 2 aliphatic carbocycles. The van der Waals surface area contributed by atoms with Gasteiger partial charge in [-0.15, -0.1) is 0 Å². The fourth-order valence-corrected chi connectivity index (χ4v) is 4.21. The van der Waals surface area contributed by atoms with Crippen molar-refractivity contribution in [3.63, 3.8) is 0 Å². The molecular formula is C21H32N2O. The molecule has 0 aliphatic heterocycles. The highest BCUT2D eigenvalue weighted by atomic mass is 16.2. The summed E-state index contributed by atoms with van der Waals surface area (Å²) in [5.41, 5.74) is 2.32. The van der Waals surface area contributed by atoms with E-state index < -0.39 is 0 Å². The average Bonchev–Trinajstić information content (AvgIpc) is 2.61. The van der Waals surface area contributed by atoms with Crippen LogP contribution in [0.15, 0.2) is 24.3 Å². The maximum atomic E-state index is 13.0. The van der Waals surface area contributed by atoms with Crippen LogP contribution in [0.1, 0.15) is 81.4 Å². The highest BCUT2D eigenvalue weighted by Gasteiger charge is 2.27. The van der Waals surface area contributed by atoms with Crippen molar-refractivity contribution < 1.29 is 4.79 Å². The van der Waals surface area contributed by atoms with Crippen molar-refractivity contribution in [1.82, 2.24) is 10.6 Å². The molecule has 0 heterocycles. The first-order chi connectivity index (χ1) is 11.7. The zero-order chi connectivity index (χ0) is 16.8. The summed E-state index contributed by atoms with van der Waals surface area (Å²) in [4.78, 5) is 13.0. The number of hydrogen-bond acceptors (Lipinski definition) is 2. The smallest absolute Gasteiger partial charge is 0.241 e. The van der Waals surface area contributed by atoms with Gasteiger partial charge in [0.1, 0.15) is 6.04 Å². The molecule has 1 aromatic rings. The van der Waals surface area contributed by atoms with Gasteiger partial charge < -0.3 is 5.32 Å². The third kappa shape index (κ3) is 4.83. The fourth-order valence-electron chi connectivity index (χ4n) is 4.21. The summed E-state index contributed by atoms with van der Waals surface area (Å²) in [5, 5.41) is 7.00. The lowest BCUT2D eigenvalue weighted by Gasteiger charge is -2.30. The minimum absolute atomic E-state index is 0.165. The van der Waals surface area contributed by atoms with E-state index in [-0.39, 0.29) is 11.9 Å². The van der Waals surface area contributed by atoms with Crippen molar-refractivity contribution in [1.29, 1.82) is 0 Å². The first kappa shape index (κ1) is 17.5. The molecule has 1 unspecified atom stereocenters. The van der Waals surface area contributed by atoms with Crippen LogP contribution in [0.3, 0.4) is 0 Å². The molecule has 132 valence electrons. The average molecular weight is 329 g/mol. The van der Waals surface area contributed by atoms with Gasteiger partial charge in [0.15, 0.2) is 0 Å². The summed E-state index contributed by atoms with van der Waals surface area (Å²) < 4.78 is 0. The molecule has 2 aliphatic rings. The standard InChI is InChI=1S/C21H32N2O/c1-16-9-8-10-17(15-16)20(22-18-11-4-2-5-12-18)21(24)23-19-13-6-3-7-14-19/h8-10,15,18-20,22H,2-7,11-14H2,1H3,(H,23,24). The van der Waals surface area contributed by atoms with Gasteiger partial charge in [0, 0.05) is 12.1 Å². The second-order valence-corrected chi connectivity index (χ2v) is 7.69. The van der Waals surface area contributed by atoms with Crippen molar-refractivity contribution in [2.45, 2.75) is 89.3 Å². The number of hydrogen-bond donors (Lipinski definition) is 2. The molecule has 2 fully saturated rings. The van der Waals surface area contributed by atoms with E-state index >= 15 is 0 Å². The second-order valence-electron chi connectivity index (χ2n) is 7.69. The highest BCUT2D eigenvalue weighted by molar-refractivity contribution is 5.83. The summed E-state index contributed by atoms with van der Waals surface area (Å²) in [6.07, 6.45) is 12.4. The van der Waals surface area contributed by atoms with E-state index in [1.54, 1.807) is 0 Å². The Balaban J connectivity index is 1.71. The molecule has 0 spiro atoms. The fraction of sp³-hybridized carbons (Fsp3) is 0.667. The Kier molecular flexibility index (Phi) is 6.30. The van der Waals surface area contributed by atoms with Crippen LogP contribution in [0, 0.1) is 6.92 Å². The van der Waals surface area contributed by atoms with Gasteiger partial charge in [0.2, 0.25) is 5.91 Å². The number of carbonyl (C=O) groups excluding carboxylic acids is 1. The zero-order valence-electron chi connectivity index (χ0n) is 15.0. The minimum Gasteiger partial charge on any atom is -0.352 e. The minimum atomic E-state index is -0.213. The molecule has 1 atom stereocenters. The Morgan fingerprint density at radius 3 is 2.21 bits per heavy atom. The number of benzene rings is 1.